The summed E-state index contributed by atoms with van der Waals surface area (Å²) in [6, 6.07) is 17.3. The summed E-state index contributed by atoms with van der Waals surface area (Å²) in [4.78, 5) is 19.7. The van der Waals surface area contributed by atoms with Crippen LogP contribution in [0.3, 0.4) is 0 Å². The fraction of sp³-hybridized carbons (Fsp3) is 0.150. The van der Waals surface area contributed by atoms with Crippen LogP contribution in [-0.2, 0) is 6.54 Å². The summed E-state index contributed by atoms with van der Waals surface area (Å²) in [6.07, 6.45) is 3.71. The van der Waals surface area contributed by atoms with E-state index in [9.17, 15) is 4.79 Å². The van der Waals surface area contributed by atoms with Gasteiger partial charge in [0.25, 0.3) is 5.56 Å². The summed E-state index contributed by atoms with van der Waals surface area (Å²) >= 11 is 0. The molecule has 0 aliphatic rings. The van der Waals surface area contributed by atoms with Crippen LogP contribution in [0, 0.1) is 0 Å². The summed E-state index contributed by atoms with van der Waals surface area (Å²) in [5, 5.41) is 8.24. The molecule has 0 aliphatic heterocycles. The first-order chi connectivity index (χ1) is 12.7. The maximum Gasteiger partial charge on any atom is 0.258 e. The number of para-hydroxylation sites is 1. The Balaban J connectivity index is 1.56. The second-order valence-electron chi connectivity index (χ2n) is 6.24. The van der Waals surface area contributed by atoms with E-state index in [0.717, 1.165) is 11.3 Å². The highest BCUT2D eigenvalue weighted by atomic mass is 16.1. The Hall–Kier alpha value is -3.41. The summed E-state index contributed by atoms with van der Waals surface area (Å²) in [5.41, 5.74) is 2.70. The van der Waals surface area contributed by atoms with Crippen molar-refractivity contribution in [1.29, 1.82) is 0 Å². The molecule has 0 aliphatic carbocycles. The van der Waals surface area contributed by atoms with Crippen LogP contribution >= 0.6 is 0 Å². The lowest BCUT2D eigenvalue weighted by atomic mass is 10.1. The Morgan fingerprint density at radius 3 is 2.88 bits per heavy atom. The summed E-state index contributed by atoms with van der Waals surface area (Å²) < 4.78 is 1.88. The van der Waals surface area contributed by atoms with Crippen molar-refractivity contribution < 1.29 is 0 Å². The molecule has 26 heavy (non-hydrogen) atoms. The third kappa shape index (κ3) is 3.35. The van der Waals surface area contributed by atoms with Gasteiger partial charge in [-0.2, -0.15) is 5.10 Å². The van der Waals surface area contributed by atoms with Gasteiger partial charge in [-0.25, -0.2) is 4.98 Å². The molecule has 0 amide bonds. The number of aromatic amines is 1. The number of rotatable bonds is 5. The molecule has 2 N–H and O–H groups in total. The standard InChI is InChI=1S/C20H19N5O/c1-14(19-23-18-9-3-2-8-17(18)20(26)24-19)22-16-7-4-6-15(12-16)13-25-11-5-10-21-25/h2-12,14,22H,13H2,1H3,(H,23,24,26)/t14-/m0/s1. The monoisotopic (exact) mass is 345 g/mol. The molecule has 0 unspecified atom stereocenters. The minimum Gasteiger partial charge on any atom is -0.375 e. The molecule has 0 bridgehead atoms. The van der Waals surface area contributed by atoms with Crippen molar-refractivity contribution in [3.05, 3.63) is 88.7 Å². The molecule has 0 radical (unpaired) electrons. The van der Waals surface area contributed by atoms with E-state index in [-0.39, 0.29) is 11.6 Å². The van der Waals surface area contributed by atoms with E-state index in [1.807, 2.05) is 54.2 Å². The number of fused-ring (bicyclic) bond motifs is 1. The molecule has 2 aromatic heterocycles. The minimum atomic E-state index is -0.132. The SMILES string of the molecule is C[C@H](Nc1cccc(Cn2cccn2)c1)c1nc2ccccc2c(=O)[nH]1. The van der Waals surface area contributed by atoms with Gasteiger partial charge in [0.15, 0.2) is 0 Å². The van der Waals surface area contributed by atoms with Gasteiger partial charge in [-0.1, -0.05) is 24.3 Å². The second kappa shape index (κ2) is 6.84. The van der Waals surface area contributed by atoms with Gasteiger partial charge in [0, 0.05) is 18.1 Å². The first-order valence-corrected chi connectivity index (χ1v) is 8.51. The van der Waals surface area contributed by atoms with Crippen molar-refractivity contribution in [2.75, 3.05) is 5.32 Å². The van der Waals surface area contributed by atoms with E-state index in [1.165, 1.54) is 0 Å². The van der Waals surface area contributed by atoms with Crippen LogP contribution < -0.4 is 10.9 Å². The quantitative estimate of drug-likeness (QED) is 0.582. The maximum absolute atomic E-state index is 12.3. The zero-order chi connectivity index (χ0) is 17.9. The Labute approximate surface area is 150 Å². The first-order valence-electron chi connectivity index (χ1n) is 8.51. The largest absolute Gasteiger partial charge is 0.375 e. The molecule has 1 atom stereocenters. The summed E-state index contributed by atoms with van der Waals surface area (Å²) in [7, 11) is 0. The van der Waals surface area contributed by atoms with Gasteiger partial charge in [-0.3, -0.25) is 9.48 Å². The third-order valence-electron chi connectivity index (χ3n) is 4.26. The fourth-order valence-electron chi connectivity index (χ4n) is 2.97. The van der Waals surface area contributed by atoms with Gasteiger partial charge in [-0.05, 0) is 42.8 Å². The topological polar surface area (TPSA) is 75.6 Å². The van der Waals surface area contributed by atoms with E-state index in [1.54, 1.807) is 12.3 Å². The lowest BCUT2D eigenvalue weighted by Gasteiger charge is -2.16. The summed E-state index contributed by atoms with van der Waals surface area (Å²) in [6.45, 7) is 2.69. The number of nitrogens with one attached hydrogen (secondary N) is 2. The molecular weight excluding hydrogens is 326 g/mol. The Kier molecular flexibility index (Phi) is 4.23. The van der Waals surface area contributed by atoms with Gasteiger partial charge in [0.1, 0.15) is 5.82 Å². The molecule has 2 aromatic carbocycles. The van der Waals surface area contributed by atoms with Crippen LogP contribution in [0.25, 0.3) is 10.9 Å². The molecule has 6 heteroatoms. The first kappa shape index (κ1) is 16.1. The van der Waals surface area contributed by atoms with Crippen molar-refractivity contribution in [1.82, 2.24) is 19.7 Å². The van der Waals surface area contributed by atoms with Crippen molar-refractivity contribution in [2.45, 2.75) is 19.5 Å². The van der Waals surface area contributed by atoms with Crippen molar-refractivity contribution >= 4 is 16.6 Å². The Morgan fingerprint density at radius 1 is 1.15 bits per heavy atom. The highest BCUT2D eigenvalue weighted by molar-refractivity contribution is 5.77. The molecule has 0 saturated carbocycles. The van der Waals surface area contributed by atoms with Crippen molar-refractivity contribution in [2.24, 2.45) is 0 Å². The van der Waals surface area contributed by atoms with Crippen LogP contribution in [0.4, 0.5) is 5.69 Å². The lowest BCUT2D eigenvalue weighted by Crippen LogP contribution is -2.17. The van der Waals surface area contributed by atoms with Crippen LogP contribution in [0.5, 0.6) is 0 Å². The van der Waals surface area contributed by atoms with Gasteiger partial charge < -0.3 is 10.3 Å². The zero-order valence-corrected chi connectivity index (χ0v) is 14.4. The third-order valence-corrected chi connectivity index (χ3v) is 4.26. The average molecular weight is 345 g/mol. The molecule has 2 heterocycles. The normalized spacial score (nSPS) is 12.2. The number of hydrogen-bond acceptors (Lipinski definition) is 4. The number of nitrogens with zero attached hydrogens (tertiary/aromatic N) is 3. The molecule has 4 aromatic rings. The minimum absolute atomic E-state index is 0.119. The average Bonchev–Trinajstić information content (AvgIpc) is 3.15. The van der Waals surface area contributed by atoms with E-state index in [4.69, 9.17) is 0 Å². The molecule has 0 fully saturated rings. The van der Waals surface area contributed by atoms with E-state index in [0.29, 0.717) is 23.3 Å². The molecule has 0 spiro atoms. The predicted octanol–water partition coefficient (Wildman–Crippen LogP) is 3.34. The molecule has 6 nitrogen and oxygen atoms in total. The number of anilines is 1. The zero-order valence-electron chi connectivity index (χ0n) is 14.4. The highest BCUT2D eigenvalue weighted by Gasteiger charge is 2.11. The van der Waals surface area contributed by atoms with Crippen LogP contribution in [0.1, 0.15) is 24.4 Å². The van der Waals surface area contributed by atoms with Crippen LogP contribution in [0.2, 0.25) is 0 Å². The van der Waals surface area contributed by atoms with E-state index >= 15 is 0 Å². The van der Waals surface area contributed by atoms with Gasteiger partial charge >= 0.3 is 0 Å². The number of benzene rings is 2. The van der Waals surface area contributed by atoms with Crippen LogP contribution in [0.15, 0.2) is 71.8 Å². The summed E-state index contributed by atoms with van der Waals surface area (Å²) in [5.74, 6) is 0.617. The van der Waals surface area contributed by atoms with Gasteiger partial charge in [0.2, 0.25) is 0 Å². The highest BCUT2D eigenvalue weighted by Crippen LogP contribution is 2.19. The number of aromatic nitrogens is 4. The molecule has 130 valence electrons. The van der Waals surface area contributed by atoms with E-state index in [2.05, 4.69) is 32.5 Å². The number of hydrogen-bond donors (Lipinski definition) is 2. The second-order valence-corrected chi connectivity index (χ2v) is 6.24. The molecule has 0 saturated heterocycles. The Bertz CT molecular complexity index is 1080. The molecule has 4 rings (SSSR count). The van der Waals surface area contributed by atoms with Gasteiger partial charge in [0.05, 0.1) is 23.5 Å². The lowest BCUT2D eigenvalue weighted by molar-refractivity contribution is 0.686. The molecular formula is C20H19N5O. The predicted molar refractivity (Wildman–Crippen MR) is 102 cm³/mol. The fourth-order valence-corrected chi connectivity index (χ4v) is 2.97. The van der Waals surface area contributed by atoms with Crippen molar-refractivity contribution in [3.63, 3.8) is 0 Å². The van der Waals surface area contributed by atoms with Gasteiger partial charge in [-0.15, -0.1) is 0 Å². The van der Waals surface area contributed by atoms with Crippen molar-refractivity contribution in [3.8, 4) is 0 Å². The number of H-pyrrole nitrogens is 1. The smallest absolute Gasteiger partial charge is 0.258 e. The van der Waals surface area contributed by atoms with E-state index < -0.39 is 0 Å². The Morgan fingerprint density at radius 2 is 2.04 bits per heavy atom. The maximum atomic E-state index is 12.3. The van der Waals surface area contributed by atoms with Crippen LogP contribution in [-0.4, -0.2) is 19.7 Å².